The van der Waals surface area contributed by atoms with Gasteiger partial charge in [0.15, 0.2) is 5.65 Å². The van der Waals surface area contributed by atoms with E-state index in [-0.39, 0.29) is 0 Å². The van der Waals surface area contributed by atoms with E-state index in [0.717, 1.165) is 48.5 Å². The summed E-state index contributed by atoms with van der Waals surface area (Å²) in [5, 5.41) is 1.06. The Bertz CT molecular complexity index is 652. The number of pyridine rings is 1. The van der Waals surface area contributed by atoms with Gasteiger partial charge in [-0.1, -0.05) is 0 Å². The third-order valence-electron chi connectivity index (χ3n) is 4.31. The molecule has 5 nitrogen and oxygen atoms in total. The summed E-state index contributed by atoms with van der Waals surface area (Å²) >= 11 is 0. The first-order valence-corrected chi connectivity index (χ1v) is 8.07. The molecule has 2 aromatic heterocycles. The number of hydrogen-bond donors (Lipinski definition) is 0. The van der Waals surface area contributed by atoms with E-state index < -0.39 is 0 Å². The van der Waals surface area contributed by atoms with Gasteiger partial charge in [-0.3, -0.25) is 0 Å². The number of nitrogens with zero attached hydrogens (tertiary/aromatic N) is 4. The van der Waals surface area contributed by atoms with Crippen LogP contribution >= 0.6 is 0 Å². The molecule has 1 aliphatic heterocycles. The molecule has 1 fully saturated rings. The van der Waals surface area contributed by atoms with Crippen molar-refractivity contribution in [3.8, 4) is 0 Å². The zero-order chi connectivity index (χ0) is 15.5. The Kier molecular flexibility index (Phi) is 4.52. The fourth-order valence-corrected chi connectivity index (χ4v) is 3.21. The number of hydrogen-bond acceptors (Lipinski definition) is 5. The van der Waals surface area contributed by atoms with Crippen molar-refractivity contribution >= 4 is 16.9 Å². The largest absolute Gasteiger partial charge is 0.378 e. The summed E-state index contributed by atoms with van der Waals surface area (Å²) in [5.74, 6) is 0.974. The van der Waals surface area contributed by atoms with Crippen LogP contribution in [0.5, 0.6) is 0 Å². The van der Waals surface area contributed by atoms with E-state index in [1.54, 1.807) is 6.33 Å². The number of anilines is 1. The minimum Gasteiger partial charge on any atom is -0.378 e. The monoisotopic (exact) mass is 300 g/mol. The van der Waals surface area contributed by atoms with Crippen molar-refractivity contribution in [2.24, 2.45) is 0 Å². The van der Waals surface area contributed by atoms with Gasteiger partial charge in [0.25, 0.3) is 0 Å². The molecule has 5 heteroatoms. The standard InChI is InChI=1S/C17H24N4O/c1-12-10-13(2)20-16-15(12)17(19-11-18-16)21(3)8-4-6-14-7-5-9-22-14/h10-11,14H,4-9H2,1-3H3. The van der Waals surface area contributed by atoms with Crippen LogP contribution < -0.4 is 4.90 Å². The molecular weight excluding hydrogens is 276 g/mol. The van der Waals surface area contributed by atoms with Crippen molar-refractivity contribution in [3.63, 3.8) is 0 Å². The SMILES string of the molecule is Cc1cc(C)c2c(N(C)CCCC3CCCO3)ncnc2n1. The summed E-state index contributed by atoms with van der Waals surface area (Å²) in [7, 11) is 2.09. The minimum absolute atomic E-state index is 0.460. The first kappa shape index (κ1) is 15.2. The average Bonchev–Trinajstić information content (AvgIpc) is 2.99. The molecule has 3 rings (SSSR count). The molecule has 0 aromatic carbocycles. The zero-order valence-corrected chi connectivity index (χ0v) is 13.7. The van der Waals surface area contributed by atoms with Gasteiger partial charge >= 0.3 is 0 Å². The third-order valence-corrected chi connectivity index (χ3v) is 4.31. The van der Waals surface area contributed by atoms with Gasteiger partial charge in [0.05, 0.1) is 11.5 Å². The molecule has 1 atom stereocenters. The quantitative estimate of drug-likeness (QED) is 0.849. The molecule has 0 bridgehead atoms. The molecule has 3 heterocycles. The normalized spacial score (nSPS) is 18.0. The molecule has 1 saturated heterocycles. The lowest BCUT2D eigenvalue weighted by Gasteiger charge is -2.21. The van der Waals surface area contributed by atoms with Crippen molar-refractivity contribution in [3.05, 3.63) is 23.7 Å². The molecule has 1 aliphatic rings. The number of rotatable bonds is 5. The molecule has 0 saturated carbocycles. The van der Waals surface area contributed by atoms with Crippen molar-refractivity contribution in [2.45, 2.75) is 45.6 Å². The second-order valence-corrected chi connectivity index (χ2v) is 6.18. The fourth-order valence-electron chi connectivity index (χ4n) is 3.21. The van der Waals surface area contributed by atoms with Crippen LogP contribution in [0, 0.1) is 13.8 Å². The van der Waals surface area contributed by atoms with E-state index in [0.29, 0.717) is 6.10 Å². The lowest BCUT2D eigenvalue weighted by molar-refractivity contribution is 0.103. The third kappa shape index (κ3) is 3.19. The summed E-state index contributed by atoms with van der Waals surface area (Å²) in [4.78, 5) is 15.5. The van der Waals surface area contributed by atoms with Gasteiger partial charge < -0.3 is 9.64 Å². The van der Waals surface area contributed by atoms with Gasteiger partial charge in [0, 0.05) is 25.9 Å². The summed E-state index contributed by atoms with van der Waals surface area (Å²) < 4.78 is 5.69. The fraction of sp³-hybridized carbons (Fsp3) is 0.588. The second kappa shape index (κ2) is 6.57. The van der Waals surface area contributed by atoms with Gasteiger partial charge in [-0.25, -0.2) is 15.0 Å². The van der Waals surface area contributed by atoms with Crippen LogP contribution in [0.4, 0.5) is 5.82 Å². The molecule has 22 heavy (non-hydrogen) atoms. The van der Waals surface area contributed by atoms with Gasteiger partial charge in [-0.15, -0.1) is 0 Å². The van der Waals surface area contributed by atoms with Crippen LogP contribution in [0.25, 0.3) is 11.0 Å². The van der Waals surface area contributed by atoms with Crippen LogP contribution in [0.3, 0.4) is 0 Å². The maximum absolute atomic E-state index is 5.69. The highest BCUT2D eigenvalue weighted by molar-refractivity contribution is 5.89. The first-order valence-electron chi connectivity index (χ1n) is 8.07. The Morgan fingerprint density at radius 1 is 1.32 bits per heavy atom. The Hall–Kier alpha value is -1.75. The van der Waals surface area contributed by atoms with Crippen molar-refractivity contribution in [1.82, 2.24) is 15.0 Å². The maximum atomic E-state index is 5.69. The predicted molar refractivity (Wildman–Crippen MR) is 88.3 cm³/mol. The Morgan fingerprint density at radius 2 is 2.18 bits per heavy atom. The molecule has 1 unspecified atom stereocenters. The molecule has 0 N–H and O–H groups in total. The highest BCUT2D eigenvalue weighted by atomic mass is 16.5. The maximum Gasteiger partial charge on any atom is 0.165 e. The number of fused-ring (bicyclic) bond motifs is 1. The van der Waals surface area contributed by atoms with Crippen molar-refractivity contribution < 1.29 is 4.74 Å². The Morgan fingerprint density at radius 3 is 2.95 bits per heavy atom. The van der Waals surface area contributed by atoms with Crippen LogP contribution in [0.1, 0.15) is 36.9 Å². The second-order valence-electron chi connectivity index (χ2n) is 6.18. The number of aryl methyl sites for hydroxylation is 2. The Labute approximate surface area is 131 Å². The number of ether oxygens (including phenoxy) is 1. The summed E-state index contributed by atoms with van der Waals surface area (Å²) in [5.41, 5.74) is 2.97. The average molecular weight is 300 g/mol. The van der Waals surface area contributed by atoms with Crippen LogP contribution in [0.15, 0.2) is 12.4 Å². The van der Waals surface area contributed by atoms with Gasteiger partial charge in [0.1, 0.15) is 12.1 Å². The van der Waals surface area contributed by atoms with E-state index in [1.807, 2.05) is 6.92 Å². The van der Waals surface area contributed by atoms with E-state index in [4.69, 9.17) is 4.74 Å². The van der Waals surface area contributed by atoms with Crippen molar-refractivity contribution in [1.29, 1.82) is 0 Å². The highest BCUT2D eigenvalue weighted by Gasteiger charge is 2.16. The van der Waals surface area contributed by atoms with Gasteiger partial charge in [0.2, 0.25) is 0 Å². The summed E-state index contributed by atoms with van der Waals surface area (Å²) in [6.07, 6.45) is 6.74. The van der Waals surface area contributed by atoms with Crippen LogP contribution in [-0.2, 0) is 4.74 Å². The Balaban J connectivity index is 1.74. The summed E-state index contributed by atoms with van der Waals surface area (Å²) in [6.45, 7) is 6.00. The van der Waals surface area contributed by atoms with Crippen LogP contribution in [0.2, 0.25) is 0 Å². The van der Waals surface area contributed by atoms with Gasteiger partial charge in [-0.05, 0) is 51.2 Å². The highest BCUT2D eigenvalue weighted by Crippen LogP contribution is 2.25. The molecule has 0 aliphatic carbocycles. The van der Waals surface area contributed by atoms with Crippen molar-refractivity contribution in [2.75, 3.05) is 25.1 Å². The van der Waals surface area contributed by atoms with Crippen LogP contribution in [-0.4, -0.2) is 41.3 Å². The molecule has 0 amide bonds. The topological polar surface area (TPSA) is 51.1 Å². The first-order chi connectivity index (χ1) is 10.6. The zero-order valence-electron chi connectivity index (χ0n) is 13.7. The predicted octanol–water partition coefficient (Wildman–Crippen LogP) is 3.04. The molecular formula is C17H24N4O. The molecule has 118 valence electrons. The lowest BCUT2D eigenvalue weighted by atomic mass is 10.1. The minimum atomic E-state index is 0.460. The molecule has 0 spiro atoms. The number of aromatic nitrogens is 3. The van der Waals surface area contributed by atoms with E-state index in [1.165, 1.54) is 18.4 Å². The van der Waals surface area contributed by atoms with E-state index in [9.17, 15) is 0 Å². The smallest absolute Gasteiger partial charge is 0.165 e. The lowest BCUT2D eigenvalue weighted by Crippen LogP contribution is -2.22. The van der Waals surface area contributed by atoms with E-state index >= 15 is 0 Å². The molecule has 2 aromatic rings. The van der Waals surface area contributed by atoms with E-state index in [2.05, 4.69) is 39.9 Å². The molecule has 0 radical (unpaired) electrons. The summed E-state index contributed by atoms with van der Waals surface area (Å²) in [6, 6.07) is 2.09. The van der Waals surface area contributed by atoms with Gasteiger partial charge in [-0.2, -0.15) is 0 Å².